The predicted molar refractivity (Wildman–Crippen MR) is 125 cm³/mol. The molecule has 2 aromatic carbocycles. The Kier molecular flexibility index (Phi) is 6.93. The summed E-state index contributed by atoms with van der Waals surface area (Å²) in [5.41, 5.74) is 2.58. The lowest BCUT2D eigenvalue weighted by Crippen LogP contribution is -2.50. The zero-order valence-electron chi connectivity index (χ0n) is 18.1. The number of piperidine rings is 1. The third-order valence-corrected chi connectivity index (χ3v) is 7.21. The van der Waals surface area contributed by atoms with Crippen LogP contribution in [0.25, 0.3) is 0 Å². The molecule has 1 saturated heterocycles. The maximum absolute atomic E-state index is 12.8. The van der Waals surface area contributed by atoms with Gasteiger partial charge in [-0.05, 0) is 55.3 Å². The van der Waals surface area contributed by atoms with Crippen LogP contribution in [0.1, 0.15) is 30.4 Å². The molecule has 1 unspecified atom stereocenters. The Bertz CT molecular complexity index is 1070. The van der Waals surface area contributed by atoms with Crippen molar-refractivity contribution < 1.29 is 17.9 Å². The lowest BCUT2D eigenvalue weighted by Gasteiger charge is -2.34. The molecule has 0 radical (unpaired) electrons. The molecule has 7 nitrogen and oxygen atoms in total. The molecule has 1 amide bonds. The Labute approximate surface area is 194 Å². The number of sulfonamides is 1. The van der Waals surface area contributed by atoms with Crippen LogP contribution in [0.5, 0.6) is 5.75 Å². The number of amides is 1. The summed E-state index contributed by atoms with van der Waals surface area (Å²) < 4.78 is 31.5. The van der Waals surface area contributed by atoms with Crippen molar-refractivity contribution in [1.82, 2.24) is 10.2 Å². The Balaban J connectivity index is 1.37. The highest BCUT2D eigenvalue weighted by Gasteiger charge is 2.35. The second-order valence-corrected chi connectivity index (χ2v) is 10.7. The molecule has 2 aliphatic rings. The summed E-state index contributed by atoms with van der Waals surface area (Å²) >= 11 is 6.02. The fourth-order valence-corrected chi connectivity index (χ4v) is 5.19. The summed E-state index contributed by atoms with van der Waals surface area (Å²) in [6, 6.07) is 12.9. The van der Waals surface area contributed by atoms with Gasteiger partial charge < -0.3 is 10.1 Å². The minimum absolute atomic E-state index is 0.104. The van der Waals surface area contributed by atoms with Crippen LogP contribution in [0.2, 0.25) is 5.02 Å². The quantitative estimate of drug-likeness (QED) is 0.691. The summed E-state index contributed by atoms with van der Waals surface area (Å²) in [5, 5.41) is 3.26. The number of ether oxygens (including phenoxy) is 1. The van der Waals surface area contributed by atoms with Gasteiger partial charge in [0, 0.05) is 18.1 Å². The molecule has 2 aliphatic heterocycles. The van der Waals surface area contributed by atoms with Crippen LogP contribution in [-0.4, -0.2) is 51.2 Å². The zero-order valence-corrected chi connectivity index (χ0v) is 19.7. The number of nitrogens with one attached hydrogen (secondary N) is 1. The number of nitrogens with zero attached hydrogens (tertiary/aromatic N) is 2. The molecule has 0 aromatic heterocycles. The van der Waals surface area contributed by atoms with Crippen LogP contribution >= 0.6 is 11.6 Å². The van der Waals surface area contributed by atoms with Gasteiger partial charge >= 0.3 is 0 Å². The van der Waals surface area contributed by atoms with Crippen LogP contribution in [0.4, 0.5) is 5.69 Å². The van der Waals surface area contributed by atoms with Crippen molar-refractivity contribution in [2.75, 3.05) is 30.2 Å². The molecule has 0 bridgehead atoms. The molecule has 1 N–H and O–H groups in total. The van der Waals surface area contributed by atoms with Gasteiger partial charge in [0.15, 0.2) is 6.10 Å². The Morgan fingerprint density at radius 1 is 1.09 bits per heavy atom. The molecule has 0 saturated carbocycles. The van der Waals surface area contributed by atoms with Gasteiger partial charge in [0.2, 0.25) is 10.0 Å². The van der Waals surface area contributed by atoms with E-state index in [-0.39, 0.29) is 12.5 Å². The molecular formula is C23H28ClN3O4S. The Morgan fingerprint density at radius 3 is 2.47 bits per heavy atom. The molecule has 2 heterocycles. The van der Waals surface area contributed by atoms with Gasteiger partial charge in [-0.25, -0.2) is 8.42 Å². The Hall–Kier alpha value is -2.29. The number of benzene rings is 2. The van der Waals surface area contributed by atoms with E-state index in [1.54, 1.807) is 12.1 Å². The van der Waals surface area contributed by atoms with E-state index in [1.165, 1.54) is 30.9 Å². The van der Waals surface area contributed by atoms with Gasteiger partial charge in [-0.1, -0.05) is 42.3 Å². The van der Waals surface area contributed by atoms with Crippen molar-refractivity contribution in [3.05, 3.63) is 58.6 Å². The number of fused-ring (bicyclic) bond motifs is 1. The standard InChI is InChI=1S/C23H28ClN3O4S/c1-32(29,30)27-16-22(31-21-10-9-19(24)13-20(21)27)23(28)25-14-17-5-7-18(8-6-17)15-26-11-3-2-4-12-26/h5-10,13,22H,2-4,11-12,14-16H2,1H3,(H,25,28). The van der Waals surface area contributed by atoms with Crippen molar-refractivity contribution in [1.29, 1.82) is 0 Å². The van der Waals surface area contributed by atoms with Crippen molar-refractivity contribution in [3.8, 4) is 5.75 Å². The van der Waals surface area contributed by atoms with E-state index in [9.17, 15) is 13.2 Å². The number of halogens is 1. The maximum atomic E-state index is 12.8. The SMILES string of the molecule is CS(=O)(=O)N1CC(C(=O)NCc2ccc(CN3CCCCC3)cc2)Oc2ccc(Cl)cc21. The van der Waals surface area contributed by atoms with Gasteiger partial charge in [0.1, 0.15) is 5.75 Å². The average Bonchev–Trinajstić information content (AvgIpc) is 2.77. The second kappa shape index (κ2) is 9.68. The number of likely N-dealkylation sites (tertiary alicyclic amines) is 1. The van der Waals surface area contributed by atoms with E-state index < -0.39 is 16.1 Å². The average molecular weight is 478 g/mol. The molecule has 172 valence electrons. The second-order valence-electron chi connectivity index (χ2n) is 8.38. The first-order valence-electron chi connectivity index (χ1n) is 10.8. The van der Waals surface area contributed by atoms with Crippen LogP contribution in [-0.2, 0) is 27.9 Å². The monoisotopic (exact) mass is 477 g/mol. The summed E-state index contributed by atoms with van der Waals surface area (Å²) in [6.45, 7) is 3.49. The third kappa shape index (κ3) is 5.54. The number of anilines is 1. The fraction of sp³-hybridized carbons (Fsp3) is 0.435. The topological polar surface area (TPSA) is 79.0 Å². The zero-order chi connectivity index (χ0) is 22.7. The van der Waals surface area contributed by atoms with Crippen molar-refractivity contribution in [2.45, 2.75) is 38.5 Å². The molecule has 1 fully saturated rings. The molecule has 2 aromatic rings. The Morgan fingerprint density at radius 2 is 1.78 bits per heavy atom. The molecule has 4 rings (SSSR count). The lowest BCUT2D eigenvalue weighted by molar-refractivity contribution is -0.127. The van der Waals surface area contributed by atoms with E-state index in [0.717, 1.165) is 35.8 Å². The minimum atomic E-state index is -3.60. The normalized spacial score (nSPS) is 19.2. The van der Waals surface area contributed by atoms with E-state index in [0.29, 0.717) is 23.0 Å². The molecule has 32 heavy (non-hydrogen) atoms. The van der Waals surface area contributed by atoms with Crippen molar-refractivity contribution in [2.24, 2.45) is 0 Å². The van der Waals surface area contributed by atoms with Gasteiger partial charge in [-0.2, -0.15) is 0 Å². The van der Waals surface area contributed by atoms with Crippen molar-refractivity contribution in [3.63, 3.8) is 0 Å². The molecular weight excluding hydrogens is 450 g/mol. The van der Waals surface area contributed by atoms with Crippen LogP contribution in [0.3, 0.4) is 0 Å². The minimum Gasteiger partial charge on any atom is -0.476 e. The smallest absolute Gasteiger partial charge is 0.263 e. The molecule has 9 heteroatoms. The van der Waals surface area contributed by atoms with Crippen LogP contribution in [0.15, 0.2) is 42.5 Å². The van der Waals surface area contributed by atoms with E-state index >= 15 is 0 Å². The van der Waals surface area contributed by atoms with Gasteiger partial charge in [-0.3, -0.25) is 14.0 Å². The highest BCUT2D eigenvalue weighted by atomic mass is 35.5. The largest absolute Gasteiger partial charge is 0.476 e. The van der Waals surface area contributed by atoms with E-state index in [4.69, 9.17) is 16.3 Å². The lowest BCUT2D eigenvalue weighted by atomic mass is 10.1. The third-order valence-electron chi connectivity index (χ3n) is 5.83. The van der Waals surface area contributed by atoms with Crippen molar-refractivity contribution >= 4 is 33.2 Å². The number of carbonyl (C=O) groups is 1. The van der Waals surface area contributed by atoms with E-state index in [2.05, 4.69) is 22.3 Å². The molecule has 0 spiro atoms. The first-order chi connectivity index (χ1) is 15.3. The number of hydrogen-bond donors (Lipinski definition) is 1. The summed E-state index contributed by atoms with van der Waals surface area (Å²) in [7, 11) is -3.60. The highest BCUT2D eigenvalue weighted by molar-refractivity contribution is 7.92. The highest BCUT2D eigenvalue weighted by Crippen LogP contribution is 2.37. The van der Waals surface area contributed by atoms with Crippen LogP contribution < -0.4 is 14.4 Å². The van der Waals surface area contributed by atoms with Gasteiger partial charge in [0.05, 0.1) is 18.5 Å². The predicted octanol–water partition coefficient (Wildman–Crippen LogP) is 3.17. The first kappa shape index (κ1) is 22.9. The number of rotatable bonds is 6. The van der Waals surface area contributed by atoms with Crippen LogP contribution in [0, 0.1) is 0 Å². The first-order valence-corrected chi connectivity index (χ1v) is 13.0. The summed E-state index contributed by atoms with van der Waals surface area (Å²) in [4.78, 5) is 15.2. The molecule has 1 atom stereocenters. The fourth-order valence-electron chi connectivity index (χ4n) is 4.12. The summed E-state index contributed by atoms with van der Waals surface area (Å²) in [6.07, 6.45) is 4.00. The maximum Gasteiger partial charge on any atom is 0.263 e. The number of hydrogen-bond acceptors (Lipinski definition) is 5. The number of carbonyl (C=O) groups excluding carboxylic acids is 1. The van der Waals surface area contributed by atoms with Gasteiger partial charge in [0.25, 0.3) is 5.91 Å². The van der Waals surface area contributed by atoms with Gasteiger partial charge in [-0.15, -0.1) is 0 Å². The summed E-state index contributed by atoms with van der Waals surface area (Å²) in [5.74, 6) is -0.0510. The molecule has 0 aliphatic carbocycles. The van der Waals surface area contributed by atoms with E-state index in [1.807, 2.05) is 12.1 Å².